The molecular formula is C22H25F3N2O3S. The summed E-state index contributed by atoms with van der Waals surface area (Å²) in [6.07, 6.45) is -4.24. The van der Waals surface area contributed by atoms with Crippen LogP contribution in [-0.2, 0) is 21.0 Å². The minimum absolute atomic E-state index is 0.000844. The molecule has 0 unspecified atom stereocenters. The number of hydrogen-bond donors (Lipinski definition) is 1. The van der Waals surface area contributed by atoms with Crippen LogP contribution in [0.25, 0.3) is 0 Å². The first-order chi connectivity index (χ1) is 14.6. The van der Waals surface area contributed by atoms with Crippen molar-refractivity contribution in [3.8, 4) is 0 Å². The molecule has 0 aromatic heterocycles. The van der Waals surface area contributed by atoms with Crippen LogP contribution in [-0.4, -0.2) is 38.3 Å². The van der Waals surface area contributed by atoms with Gasteiger partial charge >= 0.3 is 6.18 Å². The Morgan fingerprint density at radius 2 is 1.65 bits per heavy atom. The van der Waals surface area contributed by atoms with E-state index in [1.807, 2.05) is 37.3 Å². The SMILES string of the molecule is C[C@H](CNC(=O)C1CCN(S(=O)(=O)c2ccccc2C(F)(F)F)CC1)c1ccccc1. The van der Waals surface area contributed by atoms with E-state index in [4.69, 9.17) is 0 Å². The minimum Gasteiger partial charge on any atom is -0.355 e. The largest absolute Gasteiger partial charge is 0.417 e. The van der Waals surface area contributed by atoms with E-state index < -0.39 is 26.7 Å². The van der Waals surface area contributed by atoms with Gasteiger partial charge in [-0.1, -0.05) is 49.4 Å². The Morgan fingerprint density at radius 3 is 2.26 bits per heavy atom. The van der Waals surface area contributed by atoms with E-state index in [9.17, 15) is 26.4 Å². The number of alkyl halides is 3. The third kappa shape index (κ3) is 5.46. The van der Waals surface area contributed by atoms with E-state index in [0.717, 1.165) is 28.1 Å². The quantitative estimate of drug-likeness (QED) is 0.717. The lowest BCUT2D eigenvalue weighted by molar-refractivity contribution is -0.139. The molecule has 0 aliphatic carbocycles. The van der Waals surface area contributed by atoms with Crippen molar-refractivity contribution in [2.75, 3.05) is 19.6 Å². The summed E-state index contributed by atoms with van der Waals surface area (Å²) in [5.41, 5.74) is -0.0724. The fourth-order valence-electron chi connectivity index (χ4n) is 3.72. The van der Waals surface area contributed by atoms with E-state index in [0.29, 0.717) is 6.54 Å². The highest BCUT2D eigenvalue weighted by Gasteiger charge is 2.40. The monoisotopic (exact) mass is 454 g/mol. The molecule has 31 heavy (non-hydrogen) atoms. The molecule has 0 spiro atoms. The summed E-state index contributed by atoms with van der Waals surface area (Å²) in [7, 11) is -4.31. The van der Waals surface area contributed by atoms with Crippen molar-refractivity contribution in [1.82, 2.24) is 9.62 Å². The fraction of sp³-hybridized carbons (Fsp3) is 0.409. The number of piperidine rings is 1. The summed E-state index contributed by atoms with van der Waals surface area (Å²) < 4.78 is 66.4. The Bertz CT molecular complexity index is 1000. The smallest absolute Gasteiger partial charge is 0.355 e. The molecule has 0 radical (unpaired) electrons. The Morgan fingerprint density at radius 1 is 1.06 bits per heavy atom. The van der Waals surface area contributed by atoms with Crippen molar-refractivity contribution in [2.45, 2.75) is 36.8 Å². The first kappa shape index (κ1) is 23.3. The average molecular weight is 455 g/mol. The van der Waals surface area contributed by atoms with Gasteiger partial charge in [0, 0.05) is 25.6 Å². The molecule has 2 aromatic carbocycles. The van der Waals surface area contributed by atoms with Gasteiger partial charge in [0.1, 0.15) is 0 Å². The van der Waals surface area contributed by atoms with Gasteiger partial charge in [0.2, 0.25) is 15.9 Å². The second kappa shape index (κ2) is 9.40. The number of amides is 1. The standard InChI is InChI=1S/C22H25F3N2O3S/c1-16(17-7-3-2-4-8-17)15-26-21(28)18-11-13-27(14-12-18)31(29,30)20-10-6-5-9-19(20)22(23,24)25/h2-10,16,18H,11-15H2,1H3,(H,26,28)/t16-/m1/s1. The maximum absolute atomic E-state index is 13.3. The highest BCUT2D eigenvalue weighted by Crippen LogP contribution is 2.36. The molecule has 1 N–H and O–H groups in total. The Hall–Kier alpha value is -2.39. The van der Waals surface area contributed by atoms with E-state index in [1.165, 1.54) is 6.07 Å². The summed E-state index contributed by atoms with van der Waals surface area (Å²) in [4.78, 5) is 11.8. The van der Waals surface area contributed by atoms with E-state index >= 15 is 0 Å². The zero-order chi connectivity index (χ0) is 22.6. The van der Waals surface area contributed by atoms with Gasteiger partial charge in [-0.15, -0.1) is 0 Å². The number of benzene rings is 2. The summed E-state index contributed by atoms with van der Waals surface area (Å²) in [6, 6.07) is 13.9. The molecule has 1 amide bonds. The first-order valence-electron chi connectivity index (χ1n) is 10.1. The molecule has 5 nitrogen and oxygen atoms in total. The molecule has 1 heterocycles. The molecule has 1 aliphatic heterocycles. The van der Waals surface area contributed by atoms with Crippen molar-refractivity contribution >= 4 is 15.9 Å². The Kier molecular flexibility index (Phi) is 7.06. The predicted molar refractivity (Wildman–Crippen MR) is 111 cm³/mol. The van der Waals surface area contributed by atoms with Gasteiger partial charge in [0.25, 0.3) is 0 Å². The second-order valence-electron chi connectivity index (χ2n) is 7.73. The Balaban J connectivity index is 1.60. The molecular weight excluding hydrogens is 429 g/mol. The molecule has 2 aromatic rings. The zero-order valence-corrected chi connectivity index (χ0v) is 17.9. The van der Waals surface area contributed by atoms with Crippen LogP contribution in [0, 0.1) is 5.92 Å². The first-order valence-corrected chi connectivity index (χ1v) is 11.5. The molecule has 168 valence electrons. The number of nitrogens with zero attached hydrogens (tertiary/aromatic N) is 1. The maximum atomic E-state index is 13.3. The van der Waals surface area contributed by atoms with Crippen LogP contribution in [0.2, 0.25) is 0 Å². The van der Waals surface area contributed by atoms with E-state index in [1.54, 1.807) is 0 Å². The number of hydrogen-bond acceptors (Lipinski definition) is 3. The van der Waals surface area contributed by atoms with Gasteiger partial charge in [-0.25, -0.2) is 8.42 Å². The molecule has 0 saturated carbocycles. The lowest BCUT2D eigenvalue weighted by atomic mass is 9.96. The van der Waals surface area contributed by atoms with Crippen molar-refractivity contribution in [3.63, 3.8) is 0 Å². The summed E-state index contributed by atoms with van der Waals surface area (Å²) in [5.74, 6) is -0.396. The van der Waals surface area contributed by atoms with Crippen LogP contribution >= 0.6 is 0 Å². The highest BCUT2D eigenvalue weighted by molar-refractivity contribution is 7.89. The molecule has 0 bridgehead atoms. The Labute approximate surface area is 180 Å². The van der Waals surface area contributed by atoms with Crippen molar-refractivity contribution in [3.05, 3.63) is 65.7 Å². The minimum atomic E-state index is -4.77. The van der Waals surface area contributed by atoms with E-state index in [-0.39, 0.29) is 43.7 Å². The van der Waals surface area contributed by atoms with Gasteiger partial charge in [-0.05, 0) is 36.5 Å². The highest BCUT2D eigenvalue weighted by atomic mass is 32.2. The fourth-order valence-corrected chi connectivity index (χ4v) is 5.40. The van der Waals surface area contributed by atoms with Gasteiger partial charge < -0.3 is 5.32 Å². The van der Waals surface area contributed by atoms with Crippen LogP contribution in [0.5, 0.6) is 0 Å². The number of nitrogens with one attached hydrogen (secondary N) is 1. The normalized spacial score (nSPS) is 17.3. The summed E-state index contributed by atoms with van der Waals surface area (Å²) >= 11 is 0. The number of rotatable bonds is 6. The van der Waals surface area contributed by atoms with Crippen molar-refractivity contribution < 1.29 is 26.4 Å². The molecule has 1 saturated heterocycles. The molecule has 1 aliphatic rings. The van der Waals surface area contributed by atoms with Crippen LogP contribution in [0.4, 0.5) is 13.2 Å². The van der Waals surface area contributed by atoms with Crippen LogP contribution < -0.4 is 5.32 Å². The average Bonchev–Trinajstić information content (AvgIpc) is 2.77. The van der Waals surface area contributed by atoms with Gasteiger partial charge in [0.05, 0.1) is 10.5 Å². The summed E-state index contributed by atoms with van der Waals surface area (Å²) in [6.45, 7) is 2.46. The molecule has 1 fully saturated rings. The van der Waals surface area contributed by atoms with Crippen LogP contribution in [0.1, 0.15) is 36.8 Å². The maximum Gasteiger partial charge on any atom is 0.417 e. The lowest BCUT2D eigenvalue weighted by Gasteiger charge is -2.31. The van der Waals surface area contributed by atoms with Gasteiger partial charge in [-0.2, -0.15) is 17.5 Å². The molecule has 1 atom stereocenters. The number of halogens is 3. The zero-order valence-electron chi connectivity index (χ0n) is 17.1. The predicted octanol–water partition coefficient (Wildman–Crippen LogP) is 4.03. The molecule has 3 rings (SSSR count). The second-order valence-corrected chi connectivity index (χ2v) is 9.64. The van der Waals surface area contributed by atoms with Crippen LogP contribution in [0.3, 0.4) is 0 Å². The van der Waals surface area contributed by atoms with Crippen LogP contribution in [0.15, 0.2) is 59.5 Å². The molecule has 9 heteroatoms. The van der Waals surface area contributed by atoms with Gasteiger partial charge in [0.15, 0.2) is 0 Å². The van der Waals surface area contributed by atoms with Crippen molar-refractivity contribution in [1.29, 1.82) is 0 Å². The topological polar surface area (TPSA) is 66.5 Å². The summed E-state index contributed by atoms with van der Waals surface area (Å²) in [5, 5.41) is 2.91. The van der Waals surface area contributed by atoms with E-state index in [2.05, 4.69) is 5.32 Å². The third-order valence-corrected chi connectivity index (χ3v) is 7.54. The lowest BCUT2D eigenvalue weighted by Crippen LogP contribution is -2.43. The number of carbonyl (C=O) groups is 1. The number of carbonyl (C=O) groups excluding carboxylic acids is 1. The van der Waals surface area contributed by atoms with Gasteiger partial charge in [-0.3, -0.25) is 4.79 Å². The number of sulfonamides is 1. The third-order valence-electron chi connectivity index (χ3n) is 5.59. The van der Waals surface area contributed by atoms with Crippen molar-refractivity contribution in [2.24, 2.45) is 5.92 Å².